The van der Waals surface area contributed by atoms with Gasteiger partial charge in [0.05, 0.1) is 6.04 Å². The first-order valence-corrected chi connectivity index (χ1v) is 5.68. The van der Waals surface area contributed by atoms with Crippen molar-refractivity contribution < 1.29 is 9.18 Å². The van der Waals surface area contributed by atoms with Crippen molar-refractivity contribution in [2.75, 3.05) is 6.54 Å². The van der Waals surface area contributed by atoms with E-state index in [0.29, 0.717) is 6.42 Å². The standard InChI is InChI=1S/C13H16FNO/c1-9-7-11(14)5-4-10(9)8-13(16)12-3-2-6-15-12/h4-5,7,12,15H,2-3,6,8H2,1H3. The van der Waals surface area contributed by atoms with Crippen LogP contribution in [0.5, 0.6) is 0 Å². The molecule has 0 radical (unpaired) electrons. The van der Waals surface area contributed by atoms with Crippen molar-refractivity contribution in [1.29, 1.82) is 0 Å². The van der Waals surface area contributed by atoms with Crippen molar-refractivity contribution in [3.05, 3.63) is 35.1 Å². The Balaban J connectivity index is 2.05. The fourth-order valence-corrected chi connectivity index (χ4v) is 2.13. The van der Waals surface area contributed by atoms with Crippen molar-refractivity contribution in [3.8, 4) is 0 Å². The van der Waals surface area contributed by atoms with E-state index in [9.17, 15) is 9.18 Å². The lowest BCUT2D eigenvalue weighted by Crippen LogP contribution is -2.32. The van der Waals surface area contributed by atoms with E-state index in [1.807, 2.05) is 6.92 Å². The SMILES string of the molecule is Cc1cc(F)ccc1CC(=O)C1CCCN1. The summed E-state index contributed by atoms with van der Waals surface area (Å²) in [6, 6.07) is 4.60. The van der Waals surface area contributed by atoms with Crippen molar-refractivity contribution in [2.24, 2.45) is 0 Å². The van der Waals surface area contributed by atoms with Crippen molar-refractivity contribution in [1.82, 2.24) is 5.32 Å². The first-order valence-electron chi connectivity index (χ1n) is 5.68. The van der Waals surface area contributed by atoms with E-state index in [0.717, 1.165) is 30.5 Å². The fourth-order valence-electron chi connectivity index (χ4n) is 2.13. The largest absolute Gasteiger partial charge is 0.307 e. The maximum atomic E-state index is 12.9. The summed E-state index contributed by atoms with van der Waals surface area (Å²) in [5.74, 6) is -0.0279. The first kappa shape index (κ1) is 11.3. The molecule has 1 aliphatic heterocycles. The molecular formula is C13H16FNO. The van der Waals surface area contributed by atoms with Crippen LogP contribution < -0.4 is 5.32 Å². The van der Waals surface area contributed by atoms with Crippen molar-refractivity contribution in [2.45, 2.75) is 32.2 Å². The average molecular weight is 221 g/mol. The van der Waals surface area contributed by atoms with E-state index in [1.54, 1.807) is 6.07 Å². The molecule has 1 aromatic carbocycles. The van der Waals surface area contributed by atoms with Gasteiger partial charge in [-0.05, 0) is 49.6 Å². The maximum absolute atomic E-state index is 12.9. The molecule has 86 valence electrons. The highest BCUT2D eigenvalue weighted by molar-refractivity contribution is 5.86. The molecular weight excluding hydrogens is 205 g/mol. The smallest absolute Gasteiger partial charge is 0.154 e. The number of nitrogens with one attached hydrogen (secondary N) is 1. The van der Waals surface area contributed by atoms with Gasteiger partial charge in [0.1, 0.15) is 5.82 Å². The second kappa shape index (κ2) is 4.74. The monoisotopic (exact) mass is 221 g/mol. The van der Waals surface area contributed by atoms with Gasteiger partial charge in [-0.2, -0.15) is 0 Å². The van der Waals surface area contributed by atoms with Crippen LogP contribution in [0.25, 0.3) is 0 Å². The number of hydrogen-bond donors (Lipinski definition) is 1. The maximum Gasteiger partial charge on any atom is 0.154 e. The number of halogens is 1. The van der Waals surface area contributed by atoms with Crippen LogP contribution in [0.15, 0.2) is 18.2 Å². The lowest BCUT2D eigenvalue weighted by atomic mass is 9.99. The van der Waals surface area contributed by atoms with E-state index < -0.39 is 0 Å². The Labute approximate surface area is 94.9 Å². The predicted octanol–water partition coefficient (Wildman–Crippen LogP) is 2.00. The molecule has 1 atom stereocenters. The minimum Gasteiger partial charge on any atom is -0.307 e. The highest BCUT2D eigenvalue weighted by Crippen LogP contribution is 2.14. The second-order valence-electron chi connectivity index (χ2n) is 4.36. The highest BCUT2D eigenvalue weighted by Gasteiger charge is 2.22. The molecule has 1 fully saturated rings. The van der Waals surface area contributed by atoms with E-state index in [4.69, 9.17) is 0 Å². The molecule has 1 aromatic rings. The molecule has 1 N–H and O–H groups in total. The summed E-state index contributed by atoms with van der Waals surface area (Å²) in [6.07, 6.45) is 2.40. The van der Waals surface area contributed by atoms with Gasteiger partial charge in [0.2, 0.25) is 0 Å². The van der Waals surface area contributed by atoms with Crippen LogP contribution in [0.3, 0.4) is 0 Å². The first-order chi connectivity index (χ1) is 7.66. The van der Waals surface area contributed by atoms with Gasteiger partial charge >= 0.3 is 0 Å². The number of rotatable bonds is 3. The van der Waals surface area contributed by atoms with Crippen LogP contribution in [-0.4, -0.2) is 18.4 Å². The number of aryl methyl sites for hydroxylation is 1. The summed E-state index contributed by atoms with van der Waals surface area (Å²) in [7, 11) is 0. The number of Topliss-reactive ketones (excluding diaryl/α,β-unsaturated/α-hetero) is 1. The normalized spacial score (nSPS) is 20.0. The third kappa shape index (κ3) is 2.47. The van der Waals surface area contributed by atoms with Crippen molar-refractivity contribution >= 4 is 5.78 Å². The Morgan fingerprint density at radius 1 is 1.56 bits per heavy atom. The average Bonchev–Trinajstić information content (AvgIpc) is 2.75. The topological polar surface area (TPSA) is 29.1 Å². The Morgan fingerprint density at radius 2 is 2.38 bits per heavy atom. The zero-order valence-corrected chi connectivity index (χ0v) is 9.42. The van der Waals surface area contributed by atoms with Crippen LogP contribution in [0.2, 0.25) is 0 Å². The third-order valence-corrected chi connectivity index (χ3v) is 3.12. The zero-order chi connectivity index (χ0) is 11.5. The molecule has 16 heavy (non-hydrogen) atoms. The summed E-state index contributed by atoms with van der Waals surface area (Å²) >= 11 is 0. The molecule has 1 aliphatic rings. The minimum atomic E-state index is -0.243. The summed E-state index contributed by atoms with van der Waals surface area (Å²) in [5.41, 5.74) is 1.78. The van der Waals surface area contributed by atoms with E-state index in [-0.39, 0.29) is 17.6 Å². The molecule has 0 bridgehead atoms. The van der Waals surface area contributed by atoms with Gasteiger partial charge in [-0.3, -0.25) is 4.79 Å². The molecule has 1 heterocycles. The summed E-state index contributed by atoms with van der Waals surface area (Å²) in [4.78, 5) is 11.9. The third-order valence-electron chi connectivity index (χ3n) is 3.12. The van der Waals surface area contributed by atoms with Gasteiger partial charge in [0.25, 0.3) is 0 Å². The number of hydrogen-bond acceptors (Lipinski definition) is 2. The molecule has 0 saturated carbocycles. The quantitative estimate of drug-likeness (QED) is 0.845. The van der Waals surface area contributed by atoms with Crippen LogP contribution in [0.4, 0.5) is 4.39 Å². The van der Waals surface area contributed by atoms with Crippen LogP contribution in [0.1, 0.15) is 24.0 Å². The van der Waals surface area contributed by atoms with E-state index in [2.05, 4.69) is 5.32 Å². The van der Waals surface area contributed by atoms with Gasteiger partial charge in [-0.15, -0.1) is 0 Å². The lowest BCUT2D eigenvalue weighted by Gasteiger charge is -2.10. The molecule has 0 aromatic heterocycles. The summed E-state index contributed by atoms with van der Waals surface area (Å²) < 4.78 is 12.9. The summed E-state index contributed by atoms with van der Waals surface area (Å²) in [6.45, 7) is 2.77. The van der Waals surface area contributed by atoms with Crippen LogP contribution in [-0.2, 0) is 11.2 Å². The van der Waals surface area contributed by atoms with E-state index >= 15 is 0 Å². The summed E-state index contributed by atoms with van der Waals surface area (Å²) in [5, 5.41) is 3.18. The van der Waals surface area contributed by atoms with Crippen LogP contribution in [0, 0.1) is 12.7 Å². The molecule has 1 unspecified atom stereocenters. The van der Waals surface area contributed by atoms with Gasteiger partial charge < -0.3 is 5.32 Å². The van der Waals surface area contributed by atoms with Crippen molar-refractivity contribution in [3.63, 3.8) is 0 Å². The molecule has 0 amide bonds. The number of benzene rings is 1. The fraction of sp³-hybridized carbons (Fsp3) is 0.462. The van der Waals surface area contributed by atoms with Crippen LogP contribution >= 0.6 is 0 Å². The highest BCUT2D eigenvalue weighted by atomic mass is 19.1. The Bertz CT molecular complexity index is 397. The molecule has 2 nitrogen and oxygen atoms in total. The van der Waals surface area contributed by atoms with Gasteiger partial charge in [-0.1, -0.05) is 6.07 Å². The Kier molecular flexibility index (Phi) is 3.34. The molecule has 0 spiro atoms. The molecule has 1 saturated heterocycles. The predicted molar refractivity (Wildman–Crippen MR) is 60.9 cm³/mol. The number of carbonyl (C=O) groups excluding carboxylic acids is 1. The lowest BCUT2D eigenvalue weighted by molar-refractivity contribution is -0.120. The van der Waals surface area contributed by atoms with Gasteiger partial charge in [0.15, 0.2) is 5.78 Å². The number of ketones is 1. The van der Waals surface area contributed by atoms with Gasteiger partial charge in [0, 0.05) is 6.42 Å². The number of carbonyl (C=O) groups is 1. The zero-order valence-electron chi connectivity index (χ0n) is 9.42. The second-order valence-corrected chi connectivity index (χ2v) is 4.36. The Morgan fingerprint density at radius 3 is 3.00 bits per heavy atom. The minimum absolute atomic E-state index is 0.00412. The molecule has 2 rings (SSSR count). The molecule has 0 aliphatic carbocycles. The van der Waals surface area contributed by atoms with E-state index in [1.165, 1.54) is 12.1 Å². The Hall–Kier alpha value is -1.22. The molecule has 3 heteroatoms. The van der Waals surface area contributed by atoms with Gasteiger partial charge in [-0.25, -0.2) is 4.39 Å².